The Morgan fingerprint density at radius 2 is 2.12 bits per heavy atom. The highest BCUT2D eigenvalue weighted by Gasteiger charge is 2.26. The second-order valence-corrected chi connectivity index (χ2v) is 6.36. The fraction of sp³-hybridized carbons (Fsp3) is 0.444. The lowest BCUT2D eigenvalue weighted by Crippen LogP contribution is -2.38. The Labute approximate surface area is 149 Å². The largest absolute Gasteiger partial charge is 0.349 e. The molecule has 0 bridgehead atoms. The normalized spacial score (nSPS) is 21.6. The van der Waals surface area contributed by atoms with Gasteiger partial charge < -0.3 is 11.1 Å². The van der Waals surface area contributed by atoms with Crippen molar-refractivity contribution in [3.05, 3.63) is 48.3 Å². The summed E-state index contributed by atoms with van der Waals surface area (Å²) in [5, 5.41) is 7.45. The van der Waals surface area contributed by atoms with Gasteiger partial charge in [0, 0.05) is 24.4 Å². The highest BCUT2D eigenvalue weighted by molar-refractivity contribution is 5.85. The van der Waals surface area contributed by atoms with Crippen LogP contribution in [0, 0.1) is 5.92 Å². The van der Waals surface area contributed by atoms with E-state index in [-0.39, 0.29) is 36.3 Å². The Morgan fingerprint density at radius 3 is 2.83 bits per heavy atom. The molecule has 1 fully saturated rings. The number of carbonyl (C=O) groups excluding carboxylic acids is 1. The summed E-state index contributed by atoms with van der Waals surface area (Å²) in [7, 11) is 0. The van der Waals surface area contributed by atoms with Crippen molar-refractivity contribution in [2.75, 3.05) is 0 Å². The summed E-state index contributed by atoms with van der Waals surface area (Å²) in [6.45, 7) is 2.02. The van der Waals surface area contributed by atoms with Gasteiger partial charge in [0.2, 0.25) is 5.91 Å². The first-order valence-corrected chi connectivity index (χ1v) is 8.30. The van der Waals surface area contributed by atoms with Gasteiger partial charge >= 0.3 is 0 Å². The molecular formula is C18H25ClN4O. The number of hydrogen-bond donors (Lipinski definition) is 2. The van der Waals surface area contributed by atoms with Gasteiger partial charge in [-0.2, -0.15) is 5.10 Å². The third-order valence-electron chi connectivity index (χ3n) is 4.60. The minimum absolute atomic E-state index is 0. The van der Waals surface area contributed by atoms with E-state index in [9.17, 15) is 4.79 Å². The molecule has 5 nitrogen and oxygen atoms in total. The molecule has 3 atom stereocenters. The number of aromatic nitrogens is 2. The van der Waals surface area contributed by atoms with Crippen molar-refractivity contribution in [1.82, 2.24) is 15.1 Å². The topological polar surface area (TPSA) is 72.9 Å². The van der Waals surface area contributed by atoms with Gasteiger partial charge in [-0.3, -0.25) is 4.79 Å². The molecule has 0 aliphatic heterocycles. The molecule has 3 rings (SSSR count). The van der Waals surface area contributed by atoms with Crippen molar-refractivity contribution in [1.29, 1.82) is 0 Å². The molecular weight excluding hydrogens is 324 g/mol. The predicted octanol–water partition coefficient (Wildman–Crippen LogP) is 2.99. The molecule has 24 heavy (non-hydrogen) atoms. The third kappa shape index (κ3) is 4.16. The van der Waals surface area contributed by atoms with E-state index in [0.29, 0.717) is 0 Å². The summed E-state index contributed by atoms with van der Waals surface area (Å²) in [5.41, 5.74) is 8.05. The van der Waals surface area contributed by atoms with Crippen molar-refractivity contribution in [3.63, 3.8) is 0 Å². The maximum Gasteiger partial charge on any atom is 0.223 e. The second-order valence-electron chi connectivity index (χ2n) is 6.36. The van der Waals surface area contributed by atoms with E-state index in [1.54, 1.807) is 6.20 Å². The summed E-state index contributed by atoms with van der Waals surface area (Å²) >= 11 is 0. The molecule has 130 valence electrons. The van der Waals surface area contributed by atoms with Gasteiger partial charge in [-0.25, -0.2) is 4.68 Å². The quantitative estimate of drug-likeness (QED) is 0.892. The van der Waals surface area contributed by atoms with E-state index in [1.165, 1.54) is 0 Å². The van der Waals surface area contributed by atoms with Crippen LogP contribution in [-0.4, -0.2) is 21.7 Å². The van der Waals surface area contributed by atoms with Gasteiger partial charge in [0.05, 0.1) is 11.7 Å². The lowest BCUT2D eigenvalue weighted by atomic mass is 9.85. The number of carbonyl (C=O) groups is 1. The number of benzene rings is 1. The summed E-state index contributed by atoms with van der Waals surface area (Å²) in [6.07, 6.45) is 7.46. The van der Waals surface area contributed by atoms with Crippen molar-refractivity contribution in [3.8, 4) is 5.69 Å². The molecule has 3 N–H and O–H groups in total. The van der Waals surface area contributed by atoms with Crippen LogP contribution in [0.25, 0.3) is 5.69 Å². The Bertz CT molecular complexity index is 659. The predicted molar refractivity (Wildman–Crippen MR) is 97.3 cm³/mol. The van der Waals surface area contributed by atoms with Crippen LogP contribution in [-0.2, 0) is 4.79 Å². The fourth-order valence-corrected chi connectivity index (χ4v) is 3.35. The van der Waals surface area contributed by atoms with Crippen LogP contribution in [0.4, 0.5) is 0 Å². The van der Waals surface area contributed by atoms with Gasteiger partial charge in [0.25, 0.3) is 0 Å². The molecule has 3 unspecified atom stereocenters. The van der Waals surface area contributed by atoms with Crippen molar-refractivity contribution < 1.29 is 4.79 Å². The number of nitrogens with two attached hydrogens (primary N) is 1. The maximum atomic E-state index is 12.5. The zero-order chi connectivity index (χ0) is 16.2. The fourth-order valence-electron chi connectivity index (χ4n) is 3.35. The Morgan fingerprint density at radius 1 is 1.33 bits per heavy atom. The minimum atomic E-state index is -0.0685. The van der Waals surface area contributed by atoms with Gasteiger partial charge in [0.1, 0.15) is 0 Å². The number of amides is 1. The molecule has 2 aromatic rings. The van der Waals surface area contributed by atoms with E-state index in [4.69, 9.17) is 5.73 Å². The molecule has 1 aliphatic carbocycles. The van der Waals surface area contributed by atoms with Crippen LogP contribution in [0.1, 0.15) is 44.2 Å². The highest BCUT2D eigenvalue weighted by atomic mass is 35.5. The highest BCUT2D eigenvalue weighted by Crippen LogP contribution is 2.25. The SMILES string of the molecule is CC(NC(=O)C1CCCC(N)C1)c1ccccc1-n1cccn1.Cl. The molecule has 0 spiro atoms. The molecule has 1 aromatic carbocycles. The molecule has 0 radical (unpaired) electrons. The summed E-state index contributed by atoms with van der Waals surface area (Å²) in [5.74, 6) is 0.154. The van der Waals surface area contributed by atoms with E-state index in [0.717, 1.165) is 36.9 Å². The zero-order valence-corrected chi connectivity index (χ0v) is 14.7. The molecule has 1 amide bonds. The standard InChI is InChI=1S/C18H24N4O.ClH/c1-13(21-18(23)14-6-4-7-15(19)12-14)16-8-2-3-9-17(16)22-11-5-10-20-22;/h2-3,5,8-11,13-15H,4,6-7,12,19H2,1H3,(H,21,23);1H. The Hall–Kier alpha value is -1.85. The van der Waals surface area contributed by atoms with Crippen molar-refractivity contribution in [2.45, 2.75) is 44.7 Å². The number of halogens is 1. The van der Waals surface area contributed by atoms with Crippen LogP contribution >= 0.6 is 12.4 Å². The number of nitrogens with one attached hydrogen (secondary N) is 1. The van der Waals surface area contributed by atoms with Crippen LogP contribution in [0.2, 0.25) is 0 Å². The number of nitrogens with zero attached hydrogens (tertiary/aromatic N) is 2. The monoisotopic (exact) mass is 348 g/mol. The lowest BCUT2D eigenvalue weighted by Gasteiger charge is -2.27. The molecule has 1 saturated carbocycles. The van der Waals surface area contributed by atoms with Gasteiger partial charge in [-0.1, -0.05) is 24.6 Å². The first kappa shape index (κ1) is 18.5. The molecule has 6 heteroatoms. The number of hydrogen-bond acceptors (Lipinski definition) is 3. The van der Waals surface area contributed by atoms with Crippen LogP contribution in [0.15, 0.2) is 42.7 Å². The second kappa shape index (κ2) is 8.31. The lowest BCUT2D eigenvalue weighted by molar-refractivity contribution is -0.126. The van der Waals surface area contributed by atoms with Crippen molar-refractivity contribution in [2.24, 2.45) is 11.7 Å². The van der Waals surface area contributed by atoms with Crippen molar-refractivity contribution >= 4 is 18.3 Å². The number of para-hydroxylation sites is 1. The van der Waals surface area contributed by atoms with Crippen LogP contribution in [0.5, 0.6) is 0 Å². The summed E-state index contributed by atoms with van der Waals surface area (Å²) < 4.78 is 1.83. The van der Waals surface area contributed by atoms with E-state index in [2.05, 4.69) is 10.4 Å². The first-order valence-electron chi connectivity index (χ1n) is 8.30. The van der Waals surface area contributed by atoms with Gasteiger partial charge in [0.15, 0.2) is 0 Å². The average molecular weight is 349 g/mol. The zero-order valence-electron chi connectivity index (χ0n) is 13.9. The molecule has 1 aromatic heterocycles. The van der Waals surface area contributed by atoms with E-state index < -0.39 is 0 Å². The Kier molecular flexibility index (Phi) is 6.40. The third-order valence-corrected chi connectivity index (χ3v) is 4.60. The average Bonchev–Trinajstić information content (AvgIpc) is 3.09. The first-order chi connectivity index (χ1) is 11.1. The van der Waals surface area contributed by atoms with E-state index in [1.807, 2.05) is 48.1 Å². The Balaban J connectivity index is 0.00000208. The summed E-state index contributed by atoms with van der Waals surface area (Å²) in [6, 6.07) is 10.0. The maximum absolute atomic E-state index is 12.5. The summed E-state index contributed by atoms with van der Waals surface area (Å²) in [4.78, 5) is 12.5. The van der Waals surface area contributed by atoms with Crippen LogP contribution in [0.3, 0.4) is 0 Å². The smallest absolute Gasteiger partial charge is 0.223 e. The number of rotatable bonds is 4. The van der Waals surface area contributed by atoms with Crippen LogP contribution < -0.4 is 11.1 Å². The molecule has 0 saturated heterocycles. The van der Waals surface area contributed by atoms with Gasteiger partial charge in [-0.05, 0) is 43.9 Å². The van der Waals surface area contributed by atoms with Gasteiger partial charge in [-0.15, -0.1) is 12.4 Å². The van der Waals surface area contributed by atoms with E-state index >= 15 is 0 Å². The molecule has 1 heterocycles. The minimum Gasteiger partial charge on any atom is -0.349 e. The molecule has 1 aliphatic rings.